The number of aromatic nitrogens is 2. The molecular weight excluding hydrogens is 268 g/mol. The quantitative estimate of drug-likeness (QED) is 0.806. The third kappa shape index (κ3) is 2.28. The van der Waals surface area contributed by atoms with Gasteiger partial charge in [0.25, 0.3) is 0 Å². The highest BCUT2D eigenvalue weighted by Gasteiger charge is 2.06. The van der Waals surface area contributed by atoms with Crippen LogP contribution in [0, 0.1) is 6.92 Å². The lowest BCUT2D eigenvalue weighted by Crippen LogP contribution is -1.97. The average molecular weight is 283 g/mol. The third-order valence-corrected chi connectivity index (χ3v) is 3.05. The van der Waals surface area contributed by atoms with Crippen molar-refractivity contribution in [2.24, 2.45) is 0 Å². The molecule has 0 radical (unpaired) electrons. The van der Waals surface area contributed by atoms with E-state index < -0.39 is 0 Å². The van der Waals surface area contributed by atoms with E-state index in [4.69, 9.17) is 4.74 Å². The van der Waals surface area contributed by atoms with Crippen LogP contribution < -0.4 is 0 Å². The summed E-state index contributed by atoms with van der Waals surface area (Å²) in [5.74, 6) is 0. The molecule has 0 aromatic carbocycles. The first-order chi connectivity index (χ1) is 7.72. The molecule has 0 N–H and O–H groups in total. The topological polar surface area (TPSA) is 26.5 Å². The number of nitrogens with zero attached hydrogens (tertiary/aromatic N) is 2. The predicted molar refractivity (Wildman–Crippen MR) is 67.8 cm³/mol. The first-order valence-corrected chi connectivity index (χ1v) is 6.12. The van der Waals surface area contributed by atoms with Gasteiger partial charge in [-0.2, -0.15) is 0 Å². The summed E-state index contributed by atoms with van der Waals surface area (Å²) in [6, 6.07) is 2.08. The van der Waals surface area contributed by atoms with E-state index in [-0.39, 0.29) is 0 Å². The van der Waals surface area contributed by atoms with Gasteiger partial charge in [0, 0.05) is 36.3 Å². The van der Waals surface area contributed by atoms with Crippen LogP contribution in [0.15, 0.2) is 22.9 Å². The summed E-state index contributed by atoms with van der Waals surface area (Å²) in [5, 5.41) is 0. The molecule has 0 saturated heterocycles. The molecule has 0 aliphatic heterocycles. The fourth-order valence-electron chi connectivity index (χ4n) is 1.85. The van der Waals surface area contributed by atoms with Crippen molar-refractivity contribution in [1.82, 2.24) is 9.38 Å². The Balaban J connectivity index is 2.32. The largest absolute Gasteiger partial charge is 0.385 e. The van der Waals surface area contributed by atoms with Crippen molar-refractivity contribution >= 4 is 21.6 Å². The van der Waals surface area contributed by atoms with Gasteiger partial charge in [0.2, 0.25) is 0 Å². The number of pyridine rings is 1. The van der Waals surface area contributed by atoms with Crippen molar-refractivity contribution in [3.05, 3.63) is 34.2 Å². The zero-order valence-electron chi connectivity index (χ0n) is 9.53. The van der Waals surface area contributed by atoms with Crippen LogP contribution in [0.4, 0.5) is 0 Å². The Bertz CT molecular complexity index is 493. The van der Waals surface area contributed by atoms with Crippen LogP contribution in [0.1, 0.15) is 17.7 Å². The molecule has 0 aliphatic carbocycles. The summed E-state index contributed by atoms with van der Waals surface area (Å²) in [6.45, 7) is 2.87. The minimum Gasteiger partial charge on any atom is -0.385 e. The molecule has 86 valence electrons. The van der Waals surface area contributed by atoms with Gasteiger partial charge in [-0.15, -0.1) is 0 Å². The molecule has 0 amide bonds. The molecule has 16 heavy (non-hydrogen) atoms. The van der Waals surface area contributed by atoms with Gasteiger partial charge in [0.05, 0.1) is 0 Å². The van der Waals surface area contributed by atoms with Crippen LogP contribution in [0.3, 0.4) is 0 Å². The Labute approximate surface area is 104 Å². The smallest absolute Gasteiger partial charge is 0.139 e. The predicted octanol–water partition coefficient (Wildman–Crippen LogP) is 2.98. The Morgan fingerprint density at radius 1 is 1.50 bits per heavy atom. The first kappa shape index (κ1) is 11.6. The Kier molecular flexibility index (Phi) is 3.61. The monoisotopic (exact) mass is 282 g/mol. The summed E-state index contributed by atoms with van der Waals surface area (Å²) < 4.78 is 8.30. The van der Waals surface area contributed by atoms with Crippen LogP contribution >= 0.6 is 15.9 Å². The molecule has 0 saturated carbocycles. The fraction of sp³-hybridized carbons (Fsp3) is 0.417. The average Bonchev–Trinajstić information content (AvgIpc) is 2.62. The number of rotatable bonds is 4. The number of hydrogen-bond acceptors (Lipinski definition) is 2. The molecule has 0 fully saturated rings. The van der Waals surface area contributed by atoms with Crippen molar-refractivity contribution in [2.75, 3.05) is 13.7 Å². The number of methoxy groups -OCH3 is 1. The minimum absolute atomic E-state index is 0.792. The normalized spacial score (nSPS) is 11.2. The van der Waals surface area contributed by atoms with Gasteiger partial charge in [0.15, 0.2) is 0 Å². The summed E-state index contributed by atoms with van der Waals surface area (Å²) in [6.07, 6.45) is 6.03. The Morgan fingerprint density at radius 3 is 3.06 bits per heavy atom. The highest BCUT2D eigenvalue weighted by Crippen LogP contribution is 2.18. The standard InChI is InChI=1S/C12H15BrN2O/c1-9-6-10(13)8-15-11(4-3-5-16-2)7-14-12(9)15/h6-8H,3-5H2,1-2H3. The third-order valence-electron chi connectivity index (χ3n) is 2.61. The number of ether oxygens (including phenoxy) is 1. The zero-order chi connectivity index (χ0) is 11.5. The number of imidazole rings is 1. The maximum Gasteiger partial charge on any atom is 0.139 e. The van der Waals surface area contributed by atoms with Gasteiger partial charge in [-0.05, 0) is 47.3 Å². The molecule has 2 aromatic heterocycles. The van der Waals surface area contributed by atoms with Gasteiger partial charge in [-0.25, -0.2) is 4.98 Å². The second kappa shape index (κ2) is 4.97. The van der Waals surface area contributed by atoms with Crippen molar-refractivity contribution in [1.29, 1.82) is 0 Å². The first-order valence-electron chi connectivity index (χ1n) is 5.33. The molecule has 4 heteroatoms. The van der Waals surface area contributed by atoms with Crippen LogP contribution in [0.25, 0.3) is 5.65 Å². The fourth-order valence-corrected chi connectivity index (χ4v) is 2.39. The molecule has 2 rings (SSSR count). The molecule has 0 spiro atoms. The number of hydrogen-bond donors (Lipinski definition) is 0. The van der Waals surface area contributed by atoms with Gasteiger partial charge < -0.3 is 9.14 Å². The molecule has 2 aromatic rings. The van der Waals surface area contributed by atoms with Crippen molar-refractivity contribution in [3.8, 4) is 0 Å². The van der Waals surface area contributed by atoms with E-state index in [0.717, 1.165) is 29.6 Å². The summed E-state index contributed by atoms with van der Waals surface area (Å²) in [4.78, 5) is 4.44. The number of halogens is 1. The number of fused-ring (bicyclic) bond motifs is 1. The molecule has 2 heterocycles. The second-order valence-electron chi connectivity index (χ2n) is 3.88. The molecule has 3 nitrogen and oxygen atoms in total. The van der Waals surface area contributed by atoms with Crippen LogP contribution in [-0.2, 0) is 11.2 Å². The minimum atomic E-state index is 0.792. The Morgan fingerprint density at radius 2 is 2.31 bits per heavy atom. The lowest BCUT2D eigenvalue weighted by atomic mass is 10.2. The summed E-state index contributed by atoms with van der Waals surface area (Å²) >= 11 is 3.51. The van der Waals surface area contributed by atoms with Crippen LogP contribution in [-0.4, -0.2) is 23.1 Å². The summed E-state index contributed by atoms with van der Waals surface area (Å²) in [5.41, 5.74) is 3.46. The van der Waals surface area contributed by atoms with Crippen molar-refractivity contribution in [2.45, 2.75) is 19.8 Å². The Hall–Kier alpha value is -0.870. The summed E-state index contributed by atoms with van der Waals surface area (Å²) in [7, 11) is 1.73. The number of aryl methyl sites for hydroxylation is 2. The van der Waals surface area contributed by atoms with E-state index in [1.807, 2.05) is 6.20 Å². The SMILES string of the molecule is COCCCc1cnc2c(C)cc(Br)cn12. The molecule has 0 unspecified atom stereocenters. The lowest BCUT2D eigenvalue weighted by molar-refractivity contribution is 0.195. The van der Waals surface area contributed by atoms with E-state index in [1.54, 1.807) is 7.11 Å². The molecule has 0 aliphatic rings. The second-order valence-corrected chi connectivity index (χ2v) is 4.80. The molecular formula is C12H15BrN2O. The molecule has 0 atom stereocenters. The van der Waals surface area contributed by atoms with Crippen molar-refractivity contribution in [3.63, 3.8) is 0 Å². The zero-order valence-corrected chi connectivity index (χ0v) is 11.1. The van der Waals surface area contributed by atoms with E-state index in [1.165, 1.54) is 11.3 Å². The lowest BCUT2D eigenvalue weighted by Gasteiger charge is -2.04. The molecule has 0 bridgehead atoms. The van der Waals surface area contributed by atoms with Crippen LogP contribution in [0.2, 0.25) is 0 Å². The maximum atomic E-state index is 5.06. The van der Waals surface area contributed by atoms with E-state index >= 15 is 0 Å². The van der Waals surface area contributed by atoms with Gasteiger partial charge in [-0.1, -0.05) is 0 Å². The maximum absolute atomic E-state index is 5.06. The highest BCUT2D eigenvalue weighted by molar-refractivity contribution is 9.10. The van der Waals surface area contributed by atoms with E-state index in [9.17, 15) is 0 Å². The van der Waals surface area contributed by atoms with E-state index in [0.29, 0.717) is 0 Å². The van der Waals surface area contributed by atoms with Crippen LogP contribution in [0.5, 0.6) is 0 Å². The van der Waals surface area contributed by atoms with Crippen molar-refractivity contribution < 1.29 is 4.74 Å². The highest BCUT2D eigenvalue weighted by atomic mass is 79.9. The van der Waals surface area contributed by atoms with Gasteiger partial charge >= 0.3 is 0 Å². The van der Waals surface area contributed by atoms with Gasteiger partial charge in [0.1, 0.15) is 5.65 Å². The van der Waals surface area contributed by atoms with E-state index in [2.05, 4.69) is 44.5 Å². The van der Waals surface area contributed by atoms with Gasteiger partial charge in [-0.3, -0.25) is 0 Å².